The summed E-state index contributed by atoms with van der Waals surface area (Å²) < 4.78 is 1.81. The van der Waals surface area contributed by atoms with Crippen LogP contribution in [-0.2, 0) is 18.3 Å². The highest BCUT2D eigenvalue weighted by Gasteiger charge is 2.16. The third-order valence-electron chi connectivity index (χ3n) is 4.07. The number of benzene rings is 1. The van der Waals surface area contributed by atoms with Crippen LogP contribution in [-0.4, -0.2) is 20.7 Å². The minimum Gasteiger partial charge on any atom is -0.316 e. The quantitative estimate of drug-likeness (QED) is 0.788. The molecule has 3 aromatic rings. The van der Waals surface area contributed by atoms with E-state index in [-0.39, 0.29) is 5.91 Å². The molecule has 6 heteroatoms. The highest BCUT2D eigenvalue weighted by atomic mass is 32.1. The molecule has 0 saturated heterocycles. The molecule has 0 saturated carbocycles. The zero-order chi connectivity index (χ0) is 17.3. The smallest absolute Gasteiger partial charge is 0.229 e. The van der Waals surface area contributed by atoms with Crippen molar-refractivity contribution in [2.45, 2.75) is 27.2 Å². The number of thiazole rings is 1. The maximum Gasteiger partial charge on any atom is 0.229 e. The first-order chi connectivity index (χ1) is 11.5. The Labute approximate surface area is 145 Å². The average molecular weight is 340 g/mol. The Morgan fingerprint density at radius 2 is 1.88 bits per heavy atom. The molecule has 0 radical (unpaired) electrons. The van der Waals surface area contributed by atoms with Gasteiger partial charge < -0.3 is 5.32 Å². The van der Waals surface area contributed by atoms with Crippen molar-refractivity contribution < 1.29 is 4.79 Å². The van der Waals surface area contributed by atoms with Crippen LogP contribution in [0.1, 0.15) is 22.6 Å². The fourth-order valence-corrected chi connectivity index (χ4v) is 3.61. The van der Waals surface area contributed by atoms with E-state index in [1.807, 2.05) is 62.8 Å². The SMILES string of the molecule is Cc1nc(-c2ccccc2)sc1NC(=O)Cc1c(C)nn(C)c1C. The molecule has 0 fully saturated rings. The summed E-state index contributed by atoms with van der Waals surface area (Å²) in [6, 6.07) is 9.99. The van der Waals surface area contributed by atoms with Crippen molar-refractivity contribution in [2.24, 2.45) is 7.05 Å². The predicted octanol–water partition coefficient (Wildman–Crippen LogP) is 3.65. The van der Waals surface area contributed by atoms with Gasteiger partial charge in [-0.1, -0.05) is 41.7 Å². The molecule has 1 N–H and O–H groups in total. The molecular weight excluding hydrogens is 320 g/mol. The fraction of sp³-hybridized carbons (Fsp3) is 0.278. The van der Waals surface area contributed by atoms with Gasteiger partial charge in [0, 0.05) is 23.9 Å². The topological polar surface area (TPSA) is 59.8 Å². The molecule has 5 nitrogen and oxygen atoms in total. The van der Waals surface area contributed by atoms with Gasteiger partial charge in [0.2, 0.25) is 5.91 Å². The molecule has 1 aromatic carbocycles. The first-order valence-corrected chi connectivity index (χ1v) is 8.59. The lowest BCUT2D eigenvalue weighted by molar-refractivity contribution is -0.115. The van der Waals surface area contributed by atoms with E-state index in [4.69, 9.17) is 0 Å². The summed E-state index contributed by atoms with van der Waals surface area (Å²) in [7, 11) is 1.89. The summed E-state index contributed by atoms with van der Waals surface area (Å²) in [5.41, 5.74) is 4.81. The minimum atomic E-state index is -0.0411. The first kappa shape index (κ1) is 16.4. The molecule has 3 rings (SSSR count). The van der Waals surface area contributed by atoms with E-state index in [1.54, 1.807) is 0 Å². The van der Waals surface area contributed by atoms with Crippen LogP contribution in [0.3, 0.4) is 0 Å². The predicted molar refractivity (Wildman–Crippen MR) is 97.3 cm³/mol. The Hall–Kier alpha value is -2.47. The van der Waals surface area contributed by atoms with Crippen molar-refractivity contribution in [1.29, 1.82) is 0 Å². The van der Waals surface area contributed by atoms with Crippen molar-refractivity contribution in [3.05, 3.63) is 53.0 Å². The van der Waals surface area contributed by atoms with Crippen LogP contribution in [0.25, 0.3) is 10.6 Å². The Bertz CT molecular complexity index is 880. The van der Waals surface area contributed by atoms with Crippen molar-refractivity contribution in [3.8, 4) is 10.6 Å². The van der Waals surface area contributed by atoms with Crippen LogP contribution in [0.2, 0.25) is 0 Å². The third-order valence-corrected chi connectivity index (χ3v) is 5.19. The number of anilines is 1. The number of hydrogen-bond acceptors (Lipinski definition) is 4. The third kappa shape index (κ3) is 3.23. The zero-order valence-electron chi connectivity index (χ0n) is 14.3. The minimum absolute atomic E-state index is 0.0411. The fourth-order valence-electron chi connectivity index (χ4n) is 2.62. The van der Waals surface area contributed by atoms with Crippen molar-refractivity contribution in [1.82, 2.24) is 14.8 Å². The van der Waals surface area contributed by atoms with Gasteiger partial charge in [-0.2, -0.15) is 5.10 Å². The molecule has 0 spiro atoms. The summed E-state index contributed by atoms with van der Waals surface area (Å²) in [5.74, 6) is -0.0411. The molecule has 0 bridgehead atoms. The van der Waals surface area contributed by atoms with E-state index in [9.17, 15) is 4.79 Å². The molecule has 2 aromatic heterocycles. The molecule has 0 aliphatic rings. The van der Waals surface area contributed by atoms with Crippen molar-refractivity contribution in [2.75, 3.05) is 5.32 Å². The van der Waals surface area contributed by atoms with Crippen LogP contribution in [0.5, 0.6) is 0 Å². The first-order valence-electron chi connectivity index (χ1n) is 7.77. The Morgan fingerprint density at radius 3 is 2.50 bits per heavy atom. The number of aryl methyl sites for hydroxylation is 3. The van der Waals surface area contributed by atoms with Crippen molar-refractivity contribution >= 4 is 22.2 Å². The van der Waals surface area contributed by atoms with E-state index < -0.39 is 0 Å². The van der Waals surface area contributed by atoms with Crippen LogP contribution in [0.4, 0.5) is 5.00 Å². The Kier molecular flexibility index (Phi) is 4.49. The van der Waals surface area contributed by atoms with E-state index in [0.29, 0.717) is 6.42 Å². The van der Waals surface area contributed by atoms with Gasteiger partial charge in [-0.25, -0.2) is 4.98 Å². The van der Waals surface area contributed by atoms with Gasteiger partial charge in [0.15, 0.2) is 0 Å². The second kappa shape index (κ2) is 6.57. The molecule has 24 heavy (non-hydrogen) atoms. The normalized spacial score (nSPS) is 10.8. The molecule has 0 atom stereocenters. The zero-order valence-corrected chi connectivity index (χ0v) is 15.1. The number of nitrogens with one attached hydrogen (secondary N) is 1. The lowest BCUT2D eigenvalue weighted by atomic mass is 10.1. The number of carbonyl (C=O) groups is 1. The number of amides is 1. The lowest BCUT2D eigenvalue weighted by Gasteiger charge is -2.04. The largest absolute Gasteiger partial charge is 0.316 e. The maximum atomic E-state index is 12.4. The molecule has 0 aliphatic heterocycles. The Balaban J connectivity index is 1.76. The molecule has 1 amide bonds. The Morgan fingerprint density at radius 1 is 1.17 bits per heavy atom. The van der Waals surface area contributed by atoms with E-state index in [2.05, 4.69) is 15.4 Å². The second-order valence-corrected chi connectivity index (χ2v) is 6.80. The summed E-state index contributed by atoms with van der Waals surface area (Å²) >= 11 is 1.50. The van der Waals surface area contributed by atoms with Crippen LogP contribution < -0.4 is 5.32 Å². The van der Waals surface area contributed by atoms with E-state index >= 15 is 0 Å². The van der Waals surface area contributed by atoms with Crippen LogP contribution in [0, 0.1) is 20.8 Å². The van der Waals surface area contributed by atoms with Gasteiger partial charge in [-0.15, -0.1) is 0 Å². The van der Waals surface area contributed by atoms with E-state index in [1.165, 1.54) is 11.3 Å². The van der Waals surface area contributed by atoms with Crippen molar-refractivity contribution in [3.63, 3.8) is 0 Å². The van der Waals surface area contributed by atoms with E-state index in [0.717, 1.165) is 38.2 Å². The summed E-state index contributed by atoms with van der Waals surface area (Å²) in [5, 5.41) is 9.07. The number of carbonyl (C=O) groups excluding carboxylic acids is 1. The monoisotopic (exact) mass is 340 g/mol. The standard InChI is InChI=1S/C18H20N4OS/c1-11-15(13(3)22(4)21-11)10-16(23)20-17-12(2)19-18(24-17)14-8-6-5-7-9-14/h5-9H,10H2,1-4H3,(H,20,23). The van der Waals surface area contributed by atoms with Gasteiger partial charge in [0.1, 0.15) is 10.0 Å². The summed E-state index contributed by atoms with van der Waals surface area (Å²) in [4.78, 5) is 17.0. The summed E-state index contributed by atoms with van der Waals surface area (Å²) in [6.07, 6.45) is 0.323. The maximum absolute atomic E-state index is 12.4. The molecular formula is C18H20N4OS. The lowest BCUT2D eigenvalue weighted by Crippen LogP contribution is -2.15. The molecule has 0 aliphatic carbocycles. The number of hydrogen-bond donors (Lipinski definition) is 1. The number of rotatable bonds is 4. The van der Waals surface area contributed by atoms with Gasteiger partial charge in [-0.05, 0) is 20.8 Å². The highest BCUT2D eigenvalue weighted by molar-refractivity contribution is 7.19. The van der Waals surface area contributed by atoms with Gasteiger partial charge in [0.25, 0.3) is 0 Å². The van der Waals surface area contributed by atoms with Gasteiger partial charge >= 0.3 is 0 Å². The number of aromatic nitrogens is 3. The average Bonchev–Trinajstić information content (AvgIpc) is 3.03. The number of nitrogens with zero attached hydrogens (tertiary/aromatic N) is 3. The summed E-state index contributed by atoms with van der Waals surface area (Å²) in [6.45, 7) is 5.83. The molecule has 2 heterocycles. The van der Waals surface area contributed by atoms with Gasteiger partial charge in [0.05, 0.1) is 17.8 Å². The van der Waals surface area contributed by atoms with Crippen LogP contribution >= 0.6 is 11.3 Å². The highest BCUT2D eigenvalue weighted by Crippen LogP contribution is 2.31. The molecule has 124 valence electrons. The second-order valence-electron chi connectivity index (χ2n) is 5.80. The van der Waals surface area contributed by atoms with Crippen LogP contribution in [0.15, 0.2) is 30.3 Å². The van der Waals surface area contributed by atoms with Gasteiger partial charge in [-0.3, -0.25) is 9.48 Å². The molecule has 0 unspecified atom stereocenters.